The summed E-state index contributed by atoms with van der Waals surface area (Å²) in [5.74, 6) is 0.897. The zero-order valence-electron chi connectivity index (χ0n) is 23.2. The van der Waals surface area contributed by atoms with Gasteiger partial charge in [0.05, 0.1) is 15.2 Å². The minimum Gasteiger partial charge on any atom is -0.486 e. The van der Waals surface area contributed by atoms with Crippen LogP contribution in [0.4, 0.5) is 14.9 Å². The fourth-order valence-corrected chi connectivity index (χ4v) is 9.06. The molecule has 0 radical (unpaired) electrons. The second kappa shape index (κ2) is 10.9. The van der Waals surface area contributed by atoms with Crippen LogP contribution in [-0.2, 0) is 21.6 Å². The summed E-state index contributed by atoms with van der Waals surface area (Å²) in [6.45, 7) is 0.0934. The Morgan fingerprint density at radius 3 is 2.28 bits per heavy atom. The standard InChI is InChI=1S/C34H29BrClFN2O4/c35-28-13-20(14-29(36)30(28)43-18-19-2-1-3-25(37)11-19)12-27-31(40)38-33(42)39(32(27)41)26-6-4-24(5-7-26)34-15-21-8-22(16-34)10-23(9-21)17-34/h1-7,11-14,21-23H,8-10,15-18H2,(H,38,40,42)/b27-12+. The fourth-order valence-electron chi connectivity index (χ4n) is 8.07. The highest BCUT2D eigenvalue weighted by Gasteiger charge is 2.51. The molecule has 4 bridgehead atoms. The van der Waals surface area contributed by atoms with Gasteiger partial charge in [-0.3, -0.25) is 14.9 Å². The molecule has 5 fully saturated rings. The molecule has 220 valence electrons. The first kappa shape index (κ1) is 28.3. The monoisotopic (exact) mass is 662 g/mol. The van der Waals surface area contributed by atoms with Gasteiger partial charge in [0.1, 0.15) is 18.0 Å². The lowest BCUT2D eigenvalue weighted by Gasteiger charge is -2.57. The zero-order chi connectivity index (χ0) is 29.9. The second-order valence-electron chi connectivity index (χ2n) is 12.4. The first-order valence-electron chi connectivity index (χ1n) is 14.6. The number of ether oxygens (including phenoxy) is 1. The van der Waals surface area contributed by atoms with E-state index in [1.165, 1.54) is 62.3 Å². The van der Waals surface area contributed by atoms with Gasteiger partial charge < -0.3 is 4.74 Å². The first-order valence-corrected chi connectivity index (χ1v) is 15.7. The van der Waals surface area contributed by atoms with Crippen LogP contribution in [-0.4, -0.2) is 17.8 Å². The number of benzene rings is 3. The molecule has 1 N–H and O–H groups in total. The minimum absolute atomic E-state index is 0.0934. The number of hydrogen-bond acceptors (Lipinski definition) is 4. The lowest BCUT2D eigenvalue weighted by molar-refractivity contribution is -0.122. The second-order valence-corrected chi connectivity index (χ2v) is 13.7. The van der Waals surface area contributed by atoms with Crippen LogP contribution < -0.4 is 15.0 Å². The number of nitrogens with one attached hydrogen (secondary N) is 1. The minimum atomic E-state index is -0.782. The van der Waals surface area contributed by atoms with E-state index in [2.05, 4.69) is 33.4 Å². The van der Waals surface area contributed by atoms with Gasteiger partial charge in [0.15, 0.2) is 5.75 Å². The van der Waals surface area contributed by atoms with E-state index >= 15 is 0 Å². The van der Waals surface area contributed by atoms with Crippen LogP contribution >= 0.6 is 27.5 Å². The molecule has 1 saturated heterocycles. The normalized spacial score (nSPS) is 27.1. The van der Waals surface area contributed by atoms with Crippen molar-refractivity contribution in [1.29, 1.82) is 0 Å². The Kier molecular flexibility index (Phi) is 7.17. The predicted octanol–water partition coefficient (Wildman–Crippen LogP) is 7.95. The Hall–Kier alpha value is -3.49. The van der Waals surface area contributed by atoms with E-state index in [1.54, 1.807) is 24.3 Å². The fraction of sp³-hybridized carbons (Fsp3) is 0.324. The summed E-state index contributed by atoms with van der Waals surface area (Å²) in [6, 6.07) is 16.2. The van der Waals surface area contributed by atoms with Gasteiger partial charge in [0.2, 0.25) is 0 Å². The molecule has 4 aliphatic carbocycles. The lowest BCUT2D eigenvalue weighted by atomic mass is 9.48. The molecule has 0 atom stereocenters. The number of anilines is 1. The van der Waals surface area contributed by atoms with E-state index in [9.17, 15) is 18.8 Å². The maximum atomic E-state index is 13.6. The molecule has 1 heterocycles. The lowest BCUT2D eigenvalue weighted by Crippen LogP contribution is -2.54. The number of nitrogens with zero attached hydrogens (tertiary/aromatic N) is 1. The average Bonchev–Trinajstić information content (AvgIpc) is 2.94. The molecule has 6 nitrogen and oxygen atoms in total. The van der Waals surface area contributed by atoms with Gasteiger partial charge in [-0.15, -0.1) is 0 Å². The highest BCUT2D eigenvalue weighted by molar-refractivity contribution is 9.10. The quantitative estimate of drug-likeness (QED) is 0.215. The van der Waals surface area contributed by atoms with Crippen LogP contribution in [0.25, 0.3) is 6.08 Å². The van der Waals surface area contributed by atoms with Crippen molar-refractivity contribution >= 4 is 57.1 Å². The van der Waals surface area contributed by atoms with Crippen molar-refractivity contribution in [2.24, 2.45) is 17.8 Å². The van der Waals surface area contributed by atoms with Crippen LogP contribution in [0.2, 0.25) is 5.02 Å². The number of rotatable bonds is 6. The molecule has 9 heteroatoms. The van der Waals surface area contributed by atoms with Crippen molar-refractivity contribution in [3.63, 3.8) is 0 Å². The molecule has 1 aliphatic heterocycles. The summed E-state index contributed by atoms with van der Waals surface area (Å²) in [5, 5.41) is 2.53. The summed E-state index contributed by atoms with van der Waals surface area (Å²) in [7, 11) is 0. The maximum Gasteiger partial charge on any atom is 0.335 e. The van der Waals surface area contributed by atoms with Crippen molar-refractivity contribution in [1.82, 2.24) is 5.32 Å². The largest absolute Gasteiger partial charge is 0.486 e. The molecule has 0 unspecified atom stereocenters. The van der Waals surface area contributed by atoms with E-state index in [0.717, 1.165) is 22.7 Å². The van der Waals surface area contributed by atoms with Crippen LogP contribution in [0.3, 0.4) is 0 Å². The number of halogens is 3. The number of urea groups is 1. The van der Waals surface area contributed by atoms with Gasteiger partial charge in [-0.1, -0.05) is 35.9 Å². The van der Waals surface area contributed by atoms with Gasteiger partial charge in [-0.05, 0) is 137 Å². The smallest absolute Gasteiger partial charge is 0.335 e. The summed E-state index contributed by atoms with van der Waals surface area (Å²) in [5.41, 5.74) is 2.79. The third-order valence-electron chi connectivity index (χ3n) is 9.48. The molecule has 0 aromatic heterocycles. The molecular formula is C34H29BrClFN2O4. The summed E-state index contributed by atoms with van der Waals surface area (Å²) in [6.07, 6.45) is 9.12. The van der Waals surface area contributed by atoms with E-state index in [4.69, 9.17) is 16.3 Å². The summed E-state index contributed by atoms with van der Waals surface area (Å²) in [4.78, 5) is 40.2. The van der Waals surface area contributed by atoms with Crippen molar-refractivity contribution in [3.8, 4) is 5.75 Å². The number of carbonyl (C=O) groups is 3. The van der Waals surface area contributed by atoms with E-state index in [0.29, 0.717) is 27.0 Å². The van der Waals surface area contributed by atoms with Gasteiger partial charge in [0.25, 0.3) is 11.8 Å². The first-order chi connectivity index (χ1) is 20.7. The Balaban J connectivity index is 1.12. The SMILES string of the molecule is O=C1NC(=O)N(c2ccc(C34CC5CC(CC(C5)C3)C4)cc2)C(=O)/C1=C/c1cc(Cl)c(OCc2cccc(F)c2)c(Br)c1. The van der Waals surface area contributed by atoms with Gasteiger partial charge in [0, 0.05) is 0 Å². The van der Waals surface area contributed by atoms with Crippen LogP contribution in [0.1, 0.15) is 55.2 Å². The topological polar surface area (TPSA) is 75.7 Å². The Morgan fingerprint density at radius 1 is 0.977 bits per heavy atom. The Morgan fingerprint density at radius 2 is 1.65 bits per heavy atom. The van der Waals surface area contributed by atoms with Crippen molar-refractivity contribution in [2.45, 2.75) is 50.5 Å². The number of hydrogen-bond donors (Lipinski definition) is 1. The molecule has 8 rings (SSSR count). The van der Waals surface area contributed by atoms with E-state index in [-0.39, 0.29) is 28.4 Å². The molecule has 0 spiro atoms. The maximum absolute atomic E-state index is 13.6. The van der Waals surface area contributed by atoms with Gasteiger partial charge in [-0.2, -0.15) is 0 Å². The van der Waals surface area contributed by atoms with E-state index < -0.39 is 17.8 Å². The zero-order valence-corrected chi connectivity index (χ0v) is 25.6. The molecule has 4 amide bonds. The third-order valence-corrected chi connectivity index (χ3v) is 10.4. The molecule has 43 heavy (non-hydrogen) atoms. The van der Waals surface area contributed by atoms with Crippen molar-refractivity contribution in [2.75, 3.05) is 4.90 Å². The van der Waals surface area contributed by atoms with Crippen LogP contribution in [0.5, 0.6) is 5.75 Å². The van der Waals surface area contributed by atoms with Crippen LogP contribution in [0.15, 0.2) is 70.7 Å². The Bertz CT molecular complexity index is 1630. The number of barbiturate groups is 1. The van der Waals surface area contributed by atoms with Crippen LogP contribution in [0, 0.1) is 23.6 Å². The van der Waals surface area contributed by atoms with Gasteiger partial charge in [-0.25, -0.2) is 14.1 Å². The summed E-state index contributed by atoms with van der Waals surface area (Å²) >= 11 is 9.93. The average molecular weight is 664 g/mol. The van der Waals surface area contributed by atoms with Crippen molar-refractivity contribution in [3.05, 3.63) is 98.2 Å². The predicted molar refractivity (Wildman–Crippen MR) is 165 cm³/mol. The third kappa shape index (κ3) is 5.29. The van der Waals surface area contributed by atoms with Crippen molar-refractivity contribution < 1.29 is 23.5 Å². The highest BCUT2D eigenvalue weighted by Crippen LogP contribution is 2.60. The number of amides is 4. The molecule has 3 aromatic carbocycles. The van der Waals surface area contributed by atoms with E-state index in [1.807, 2.05) is 12.1 Å². The summed E-state index contributed by atoms with van der Waals surface area (Å²) < 4.78 is 19.8. The van der Waals surface area contributed by atoms with Gasteiger partial charge >= 0.3 is 6.03 Å². The molecular weight excluding hydrogens is 635 g/mol. The molecule has 5 aliphatic rings. The molecule has 4 saturated carbocycles. The highest BCUT2D eigenvalue weighted by atomic mass is 79.9. The molecule has 3 aromatic rings. The Labute approximate surface area is 262 Å². The number of carbonyl (C=O) groups excluding carboxylic acids is 3. The number of imide groups is 2.